The number of hydrogen-bond acceptors (Lipinski definition) is 6. The first-order valence-electron chi connectivity index (χ1n) is 7.18. The van der Waals surface area contributed by atoms with Gasteiger partial charge in [0, 0.05) is 12.3 Å². The summed E-state index contributed by atoms with van der Waals surface area (Å²) in [6.45, 7) is 0.419. The van der Waals surface area contributed by atoms with Crippen LogP contribution in [-0.4, -0.2) is 22.1 Å². The van der Waals surface area contributed by atoms with Crippen molar-refractivity contribution < 1.29 is 13.6 Å². The number of hydrogen-bond donors (Lipinski definition) is 0. The van der Waals surface area contributed by atoms with Crippen molar-refractivity contribution >= 4 is 24.7 Å². The van der Waals surface area contributed by atoms with E-state index in [2.05, 4.69) is 4.99 Å². The predicted molar refractivity (Wildman–Crippen MR) is 94.0 cm³/mol. The second-order valence-electron chi connectivity index (χ2n) is 4.74. The first kappa shape index (κ1) is 16.4. The minimum absolute atomic E-state index is 0.340. The van der Waals surface area contributed by atoms with Crippen molar-refractivity contribution in [3.8, 4) is 17.7 Å². The second kappa shape index (κ2) is 7.43. The van der Waals surface area contributed by atoms with Gasteiger partial charge in [-0.2, -0.15) is 5.26 Å². The van der Waals surface area contributed by atoms with Gasteiger partial charge in [-0.1, -0.05) is 48.2 Å². The van der Waals surface area contributed by atoms with Gasteiger partial charge < -0.3 is 9.05 Å². The molecule has 122 valence electrons. The molecule has 1 heterocycles. The zero-order valence-electron chi connectivity index (χ0n) is 12.6. The molecular weight excluding hydrogens is 345 g/mol. The van der Waals surface area contributed by atoms with Crippen LogP contribution >= 0.6 is 19.5 Å². The number of aliphatic imine (C=N–C) groups is 1. The standard InChI is InChI=1S/C16H14N3O3PS/c17-13-18-16-19(11-12-24-16)23(20,21-14-7-3-1-4-8-14)22-15-9-5-2-6-10-15/h1-10H,11-12H2. The van der Waals surface area contributed by atoms with E-state index < -0.39 is 7.75 Å². The largest absolute Gasteiger partial charge is 0.545 e. The monoisotopic (exact) mass is 359 g/mol. The van der Waals surface area contributed by atoms with Crippen molar-refractivity contribution in [3.05, 3.63) is 60.7 Å². The molecule has 1 aliphatic heterocycles. The third kappa shape index (κ3) is 3.73. The molecule has 0 atom stereocenters. The second-order valence-corrected chi connectivity index (χ2v) is 7.59. The Morgan fingerprint density at radius 3 is 2.08 bits per heavy atom. The van der Waals surface area contributed by atoms with Crippen molar-refractivity contribution in [2.75, 3.05) is 12.3 Å². The summed E-state index contributed by atoms with van der Waals surface area (Å²) in [4.78, 5) is 3.73. The highest BCUT2D eigenvalue weighted by atomic mass is 32.2. The third-order valence-electron chi connectivity index (χ3n) is 3.12. The maximum absolute atomic E-state index is 13.5. The van der Waals surface area contributed by atoms with E-state index in [9.17, 15) is 4.57 Å². The topological polar surface area (TPSA) is 74.9 Å². The summed E-state index contributed by atoms with van der Waals surface area (Å²) in [7, 11) is -3.77. The van der Waals surface area contributed by atoms with Gasteiger partial charge in [-0.3, -0.25) is 0 Å². The van der Waals surface area contributed by atoms with Crippen molar-refractivity contribution in [2.24, 2.45) is 4.99 Å². The zero-order chi connectivity index (χ0) is 16.8. The van der Waals surface area contributed by atoms with Gasteiger partial charge in [0.15, 0.2) is 5.17 Å². The number of para-hydroxylation sites is 2. The Labute approximate surface area is 144 Å². The van der Waals surface area contributed by atoms with Gasteiger partial charge in [0.05, 0.1) is 0 Å². The Hall–Kier alpha value is -2.42. The quantitative estimate of drug-likeness (QED) is 0.590. The molecule has 0 aliphatic carbocycles. The van der Waals surface area contributed by atoms with E-state index >= 15 is 0 Å². The Morgan fingerprint density at radius 1 is 1.04 bits per heavy atom. The molecule has 0 unspecified atom stereocenters. The van der Waals surface area contributed by atoms with Gasteiger partial charge in [-0.25, -0.2) is 9.24 Å². The van der Waals surface area contributed by atoms with Gasteiger partial charge in [-0.05, 0) is 24.3 Å². The van der Waals surface area contributed by atoms with Crippen LogP contribution in [0, 0.1) is 11.5 Å². The molecule has 0 saturated carbocycles. The van der Waals surface area contributed by atoms with Crippen LogP contribution in [0.15, 0.2) is 65.7 Å². The van der Waals surface area contributed by atoms with E-state index in [1.165, 1.54) is 16.4 Å². The van der Waals surface area contributed by atoms with Crippen molar-refractivity contribution in [1.29, 1.82) is 5.26 Å². The van der Waals surface area contributed by atoms with Crippen LogP contribution in [0.5, 0.6) is 11.5 Å². The summed E-state index contributed by atoms with van der Waals surface area (Å²) >= 11 is 1.34. The van der Waals surface area contributed by atoms with E-state index in [1.54, 1.807) is 54.7 Å². The van der Waals surface area contributed by atoms with Gasteiger partial charge in [-0.15, -0.1) is 4.99 Å². The van der Waals surface area contributed by atoms with E-state index in [0.717, 1.165) is 0 Å². The average molecular weight is 359 g/mol. The average Bonchev–Trinajstić information content (AvgIpc) is 3.06. The molecule has 1 saturated heterocycles. The number of nitrogens with zero attached hydrogens (tertiary/aromatic N) is 3. The molecule has 0 N–H and O–H groups in total. The lowest BCUT2D eigenvalue weighted by molar-refractivity contribution is 0.338. The smallest absolute Gasteiger partial charge is 0.400 e. The lowest BCUT2D eigenvalue weighted by Gasteiger charge is -2.27. The van der Waals surface area contributed by atoms with Crippen molar-refractivity contribution in [3.63, 3.8) is 0 Å². The van der Waals surface area contributed by atoms with Crippen LogP contribution in [0.25, 0.3) is 0 Å². The third-order valence-corrected chi connectivity index (χ3v) is 6.08. The molecule has 8 heteroatoms. The fourth-order valence-corrected chi connectivity index (χ4v) is 5.12. The van der Waals surface area contributed by atoms with Gasteiger partial charge in [0.25, 0.3) is 0 Å². The molecule has 0 amide bonds. The van der Waals surface area contributed by atoms with Crippen LogP contribution in [0.3, 0.4) is 0 Å². The highest BCUT2D eigenvalue weighted by molar-refractivity contribution is 8.14. The van der Waals surface area contributed by atoms with E-state index in [0.29, 0.717) is 29.0 Å². The van der Waals surface area contributed by atoms with E-state index in [1.807, 2.05) is 12.1 Å². The summed E-state index contributed by atoms with van der Waals surface area (Å²) < 4.78 is 26.4. The molecular formula is C16H14N3O3PS. The number of rotatable bonds is 5. The number of benzene rings is 2. The Kier molecular flexibility index (Phi) is 5.09. The lowest BCUT2D eigenvalue weighted by Crippen LogP contribution is -2.26. The number of nitriles is 1. The highest BCUT2D eigenvalue weighted by Gasteiger charge is 2.42. The molecule has 0 bridgehead atoms. The number of amidine groups is 1. The fourth-order valence-electron chi connectivity index (χ4n) is 2.10. The Morgan fingerprint density at radius 2 is 1.58 bits per heavy atom. The summed E-state index contributed by atoms with van der Waals surface area (Å²) in [5.41, 5.74) is 0. The molecule has 3 rings (SSSR count). The van der Waals surface area contributed by atoms with Crippen molar-refractivity contribution in [2.45, 2.75) is 0 Å². The molecule has 6 nitrogen and oxygen atoms in total. The number of thioether (sulfide) groups is 1. The zero-order valence-corrected chi connectivity index (χ0v) is 14.3. The Balaban J connectivity index is 1.95. The summed E-state index contributed by atoms with van der Waals surface area (Å²) in [6.07, 6.45) is 1.73. The predicted octanol–water partition coefficient (Wildman–Crippen LogP) is 4.14. The van der Waals surface area contributed by atoms with Crippen LogP contribution in [0.4, 0.5) is 0 Å². The minimum atomic E-state index is -3.77. The summed E-state index contributed by atoms with van der Waals surface area (Å²) in [6, 6.07) is 17.6. The van der Waals surface area contributed by atoms with E-state index in [4.69, 9.17) is 14.3 Å². The molecule has 1 aliphatic rings. The van der Waals surface area contributed by atoms with Crippen molar-refractivity contribution in [1.82, 2.24) is 4.67 Å². The minimum Gasteiger partial charge on any atom is -0.400 e. The van der Waals surface area contributed by atoms with Gasteiger partial charge in [0.2, 0.25) is 6.19 Å². The first-order chi connectivity index (χ1) is 11.7. The summed E-state index contributed by atoms with van der Waals surface area (Å²) in [5, 5.41) is 9.18. The van der Waals surface area contributed by atoms with E-state index in [-0.39, 0.29) is 0 Å². The first-order valence-corrected chi connectivity index (χ1v) is 9.66. The lowest BCUT2D eigenvalue weighted by atomic mass is 10.3. The van der Waals surface area contributed by atoms with Gasteiger partial charge >= 0.3 is 7.75 Å². The van der Waals surface area contributed by atoms with Crippen LogP contribution in [-0.2, 0) is 4.57 Å². The molecule has 1 fully saturated rings. The molecule has 2 aromatic carbocycles. The molecule has 0 aromatic heterocycles. The van der Waals surface area contributed by atoms with Gasteiger partial charge in [0.1, 0.15) is 11.5 Å². The van der Waals surface area contributed by atoms with Crippen LogP contribution < -0.4 is 9.05 Å². The normalized spacial score (nSPS) is 16.0. The molecule has 2 aromatic rings. The molecule has 0 spiro atoms. The maximum atomic E-state index is 13.5. The molecule has 24 heavy (non-hydrogen) atoms. The maximum Gasteiger partial charge on any atom is 0.545 e. The highest BCUT2D eigenvalue weighted by Crippen LogP contribution is 2.54. The Bertz CT molecular complexity index is 763. The van der Waals surface area contributed by atoms with Crippen LogP contribution in [0.2, 0.25) is 0 Å². The van der Waals surface area contributed by atoms with Crippen LogP contribution in [0.1, 0.15) is 0 Å². The summed E-state index contributed by atoms with van der Waals surface area (Å²) in [5.74, 6) is 1.50. The fraction of sp³-hybridized carbons (Fsp3) is 0.125. The SMILES string of the molecule is N#CN=C1SCCN1P(=O)(Oc1ccccc1)Oc1ccccc1. The molecule has 0 radical (unpaired) electrons.